The third-order valence-corrected chi connectivity index (χ3v) is 5.38. The average molecular weight is 442 g/mol. The number of hydrogen-bond donors (Lipinski definition) is 2. The summed E-state index contributed by atoms with van der Waals surface area (Å²) in [4.78, 5) is 18.2. The lowest BCUT2D eigenvalue weighted by Gasteiger charge is -2.19. The number of aryl methyl sites for hydroxylation is 1. The molecule has 0 bridgehead atoms. The number of nitrogens with zero attached hydrogens (tertiary/aromatic N) is 3. The van der Waals surface area contributed by atoms with Gasteiger partial charge in [0, 0.05) is 29.9 Å². The summed E-state index contributed by atoms with van der Waals surface area (Å²) in [6.07, 6.45) is 1.52. The summed E-state index contributed by atoms with van der Waals surface area (Å²) in [5, 5.41) is 11.1. The fourth-order valence-electron chi connectivity index (χ4n) is 3.35. The highest BCUT2D eigenvalue weighted by Crippen LogP contribution is 2.27. The first-order valence-corrected chi connectivity index (χ1v) is 10.3. The Balaban J connectivity index is 1.35. The summed E-state index contributed by atoms with van der Waals surface area (Å²) in [5.74, 6) is 0.999. The van der Waals surface area contributed by atoms with Crippen LogP contribution in [-0.4, -0.2) is 27.7 Å². The van der Waals surface area contributed by atoms with Crippen LogP contribution in [0.1, 0.15) is 24.3 Å². The minimum atomic E-state index is 0.173. The van der Waals surface area contributed by atoms with Crippen LogP contribution in [0.25, 0.3) is 11.4 Å². The molecule has 2 aromatic carbocycles. The van der Waals surface area contributed by atoms with E-state index >= 15 is 0 Å². The molecule has 0 unspecified atom stereocenters. The molecule has 1 aliphatic rings. The number of hydrogen-bond acceptors (Lipinski definition) is 5. The molecule has 0 radical (unpaired) electrons. The second kappa shape index (κ2) is 8.81. The Hall–Kier alpha value is -2.97. The summed E-state index contributed by atoms with van der Waals surface area (Å²) in [5.41, 5.74) is 3.50. The normalized spacial score (nSPS) is 13.5. The van der Waals surface area contributed by atoms with E-state index in [2.05, 4.69) is 20.8 Å². The standard InChI is InChI=1S/C21H20ClN5O2S/c1-13-11-14(8-9-17(13)27-10-4-7-19(27)28)24-21(30)23-12-18-25-20(26-29-18)15-5-2-3-6-16(15)22/h2-3,5-6,8-9,11H,4,7,10,12H2,1H3,(H2,23,24,30). The van der Waals surface area contributed by atoms with Crippen LogP contribution in [0.5, 0.6) is 0 Å². The molecule has 1 fully saturated rings. The first-order valence-electron chi connectivity index (χ1n) is 9.54. The van der Waals surface area contributed by atoms with Crippen LogP contribution >= 0.6 is 23.8 Å². The van der Waals surface area contributed by atoms with Crippen molar-refractivity contribution in [1.82, 2.24) is 15.5 Å². The van der Waals surface area contributed by atoms with Crippen LogP contribution in [0.3, 0.4) is 0 Å². The fourth-order valence-corrected chi connectivity index (χ4v) is 3.76. The number of nitrogens with one attached hydrogen (secondary N) is 2. The van der Waals surface area contributed by atoms with Crippen molar-refractivity contribution in [3.8, 4) is 11.4 Å². The Morgan fingerprint density at radius 2 is 2.13 bits per heavy atom. The van der Waals surface area contributed by atoms with Crippen molar-refractivity contribution >= 4 is 46.2 Å². The van der Waals surface area contributed by atoms with E-state index in [4.69, 9.17) is 28.3 Å². The Morgan fingerprint density at radius 1 is 1.30 bits per heavy atom. The van der Waals surface area contributed by atoms with E-state index in [1.54, 1.807) is 6.07 Å². The number of carbonyl (C=O) groups is 1. The zero-order valence-electron chi connectivity index (χ0n) is 16.3. The molecule has 7 nitrogen and oxygen atoms in total. The number of halogens is 1. The van der Waals surface area contributed by atoms with E-state index in [9.17, 15) is 4.79 Å². The highest BCUT2D eigenvalue weighted by molar-refractivity contribution is 7.80. The fraction of sp³-hybridized carbons (Fsp3) is 0.238. The van der Waals surface area contributed by atoms with Crippen LogP contribution in [0.2, 0.25) is 5.02 Å². The van der Waals surface area contributed by atoms with Gasteiger partial charge in [-0.05, 0) is 61.5 Å². The third-order valence-electron chi connectivity index (χ3n) is 4.80. The van der Waals surface area contributed by atoms with E-state index in [1.165, 1.54) is 0 Å². The van der Waals surface area contributed by atoms with Crippen LogP contribution in [-0.2, 0) is 11.3 Å². The minimum absolute atomic E-state index is 0.173. The largest absolute Gasteiger partial charge is 0.353 e. The molecule has 1 saturated heterocycles. The third kappa shape index (κ3) is 4.44. The molecule has 154 valence electrons. The van der Waals surface area contributed by atoms with Crippen LogP contribution in [0.15, 0.2) is 47.0 Å². The first kappa shape index (κ1) is 20.3. The van der Waals surface area contributed by atoms with Crippen LogP contribution in [0.4, 0.5) is 11.4 Å². The Bertz CT molecular complexity index is 1100. The lowest BCUT2D eigenvalue weighted by atomic mass is 10.1. The molecule has 30 heavy (non-hydrogen) atoms. The van der Waals surface area contributed by atoms with Gasteiger partial charge < -0.3 is 20.1 Å². The number of carbonyl (C=O) groups excluding carboxylic acids is 1. The molecule has 1 aromatic heterocycles. The van der Waals surface area contributed by atoms with Gasteiger partial charge in [0.15, 0.2) is 5.11 Å². The maximum Gasteiger partial charge on any atom is 0.246 e. The summed E-state index contributed by atoms with van der Waals surface area (Å²) in [6, 6.07) is 13.1. The number of aromatic nitrogens is 2. The van der Waals surface area contributed by atoms with Gasteiger partial charge in [-0.2, -0.15) is 4.98 Å². The second-order valence-electron chi connectivity index (χ2n) is 6.95. The molecule has 3 aromatic rings. The van der Waals surface area contributed by atoms with Gasteiger partial charge in [0.25, 0.3) is 0 Å². The lowest BCUT2D eigenvalue weighted by Crippen LogP contribution is -2.28. The van der Waals surface area contributed by atoms with Gasteiger partial charge in [-0.25, -0.2) is 0 Å². The Labute approximate surface area is 184 Å². The summed E-state index contributed by atoms with van der Waals surface area (Å²) in [7, 11) is 0. The van der Waals surface area contributed by atoms with E-state index in [0.717, 1.165) is 29.9 Å². The van der Waals surface area contributed by atoms with Crippen molar-refractivity contribution < 1.29 is 9.32 Å². The Kier molecular flexibility index (Phi) is 5.96. The Morgan fingerprint density at radius 3 is 2.87 bits per heavy atom. The number of amides is 1. The van der Waals surface area contributed by atoms with Gasteiger partial charge >= 0.3 is 0 Å². The molecule has 0 spiro atoms. The van der Waals surface area contributed by atoms with E-state index in [0.29, 0.717) is 33.8 Å². The van der Waals surface area contributed by atoms with Crippen molar-refractivity contribution in [3.63, 3.8) is 0 Å². The van der Waals surface area contributed by atoms with Gasteiger partial charge in [-0.1, -0.05) is 28.9 Å². The van der Waals surface area contributed by atoms with Gasteiger partial charge in [-0.3, -0.25) is 4.79 Å². The van der Waals surface area contributed by atoms with Crippen molar-refractivity contribution in [2.75, 3.05) is 16.8 Å². The molecule has 0 saturated carbocycles. The quantitative estimate of drug-likeness (QED) is 0.570. The number of anilines is 2. The molecule has 9 heteroatoms. The molecule has 2 N–H and O–H groups in total. The molecular formula is C21H20ClN5O2S. The second-order valence-corrected chi connectivity index (χ2v) is 7.76. The highest BCUT2D eigenvalue weighted by Gasteiger charge is 2.23. The summed E-state index contributed by atoms with van der Waals surface area (Å²) >= 11 is 11.5. The first-order chi connectivity index (χ1) is 14.5. The van der Waals surface area contributed by atoms with Crippen molar-refractivity contribution in [3.05, 3.63) is 58.9 Å². The van der Waals surface area contributed by atoms with Gasteiger partial charge in [0.2, 0.25) is 17.6 Å². The van der Waals surface area contributed by atoms with E-state index < -0.39 is 0 Å². The predicted molar refractivity (Wildman–Crippen MR) is 121 cm³/mol. The summed E-state index contributed by atoms with van der Waals surface area (Å²) < 4.78 is 5.27. The monoisotopic (exact) mass is 441 g/mol. The zero-order chi connectivity index (χ0) is 21.1. The van der Waals surface area contributed by atoms with Gasteiger partial charge in [-0.15, -0.1) is 0 Å². The predicted octanol–water partition coefficient (Wildman–Crippen LogP) is 4.31. The summed E-state index contributed by atoms with van der Waals surface area (Å²) in [6.45, 7) is 3.03. The van der Waals surface area contributed by atoms with Crippen molar-refractivity contribution in [2.24, 2.45) is 0 Å². The number of rotatable bonds is 5. The van der Waals surface area contributed by atoms with E-state index in [1.807, 2.05) is 48.2 Å². The number of benzene rings is 2. The maximum absolute atomic E-state index is 12.0. The number of thiocarbonyl (C=S) groups is 1. The smallest absolute Gasteiger partial charge is 0.246 e. The van der Waals surface area contributed by atoms with Gasteiger partial charge in [0.05, 0.1) is 11.6 Å². The lowest BCUT2D eigenvalue weighted by molar-refractivity contribution is -0.117. The molecule has 1 aliphatic heterocycles. The van der Waals surface area contributed by atoms with Crippen LogP contribution < -0.4 is 15.5 Å². The topological polar surface area (TPSA) is 83.3 Å². The average Bonchev–Trinajstić information content (AvgIpc) is 3.36. The molecule has 0 aliphatic carbocycles. The maximum atomic E-state index is 12.0. The molecule has 2 heterocycles. The minimum Gasteiger partial charge on any atom is -0.353 e. The van der Waals surface area contributed by atoms with Crippen molar-refractivity contribution in [2.45, 2.75) is 26.3 Å². The van der Waals surface area contributed by atoms with Crippen LogP contribution in [0, 0.1) is 6.92 Å². The molecule has 4 rings (SSSR count). The highest BCUT2D eigenvalue weighted by atomic mass is 35.5. The molecule has 1 amide bonds. The van der Waals surface area contributed by atoms with Gasteiger partial charge in [0.1, 0.15) is 0 Å². The molecular weight excluding hydrogens is 422 g/mol. The molecule has 0 atom stereocenters. The van der Waals surface area contributed by atoms with E-state index in [-0.39, 0.29) is 12.5 Å². The zero-order valence-corrected chi connectivity index (χ0v) is 17.9. The SMILES string of the molecule is Cc1cc(NC(=S)NCc2nc(-c3ccccc3Cl)no2)ccc1N1CCCC1=O. The van der Waals surface area contributed by atoms with Crippen molar-refractivity contribution in [1.29, 1.82) is 0 Å².